The highest BCUT2D eigenvalue weighted by Crippen LogP contribution is 2.28. The van der Waals surface area contributed by atoms with Crippen molar-refractivity contribution >= 4 is 11.8 Å². The van der Waals surface area contributed by atoms with Crippen molar-refractivity contribution in [3.63, 3.8) is 0 Å². The van der Waals surface area contributed by atoms with Gasteiger partial charge in [-0.15, -0.1) is 0 Å². The Kier molecular flexibility index (Phi) is 19.6. The molecule has 6 nitrogen and oxygen atoms in total. The van der Waals surface area contributed by atoms with Crippen molar-refractivity contribution in [3.05, 3.63) is 11.6 Å². The molecule has 0 aromatic rings. The zero-order valence-electron chi connectivity index (χ0n) is 26.5. The summed E-state index contributed by atoms with van der Waals surface area (Å²) in [7, 11) is 0. The lowest BCUT2D eigenvalue weighted by Gasteiger charge is -2.22. The number of hydrogen-bond donors (Lipinski definition) is 2. The highest BCUT2D eigenvalue weighted by Gasteiger charge is 2.34. The van der Waals surface area contributed by atoms with Crippen LogP contribution in [0.25, 0.3) is 0 Å². The van der Waals surface area contributed by atoms with Crippen molar-refractivity contribution in [3.8, 4) is 0 Å². The summed E-state index contributed by atoms with van der Waals surface area (Å²) in [5, 5.41) is 21.2. The summed E-state index contributed by atoms with van der Waals surface area (Å²) in [6.07, 6.45) is 25.4. The highest BCUT2D eigenvalue weighted by atomic mass is 16.5. The largest absolute Gasteiger partial charge is 0.455 e. The maximum Gasteiger partial charge on any atom is 0.334 e. The predicted octanol–water partition coefficient (Wildman–Crippen LogP) is 8.30. The molecule has 2 aliphatic rings. The molecule has 0 radical (unpaired) electrons. The molecule has 0 aromatic carbocycles. The molecule has 2 rings (SSSR count). The summed E-state index contributed by atoms with van der Waals surface area (Å²) in [6, 6.07) is 0. The molecule has 6 heteroatoms. The zero-order chi connectivity index (χ0) is 29.7. The zero-order valence-corrected chi connectivity index (χ0v) is 26.5. The van der Waals surface area contributed by atoms with Crippen LogP contribution in [0.1, 0.15) is 168 Å². The molecule has 41 heavy (non-hydrogen) atoms. The Labute approximate surface area is 251 Å². The van der Waals surface area contributed by atoms with Gasteiger partial charge in [-0.05, 0) is 64.4 Å². The van der Waals surface area contributed by atoms with Gasteiger partial charge >= 0.3 is 5.97 Å². The number of hydrogen-bond acceptors (Lipinski definition) is 6. The molecule has 1 saturated heterocycles. The Balaban J connectivity index is 1.39. The summed E-state index contributed by atoms with van der Waals surface area (Å²) in [5.41, 5.74) is 0.814. The fourth-order valence-corrected chi connectivity index (χ4v) is 6.25. The Hall–Kier alpha value is -1.24. The van der Waals surface area contributed by atoms with Gasteiger partial charge in [0, 0.05) is 18.4 Å². The van der Waals surface area contributed by atoms with E-state index in [9.17, 15) is 19.8 Å². The molecule has 5 atom stereocenters. The van der Waals surface area contributed by atoms with Gasteiger partial charge in [0.25, 0.3) is 0 Å². The van der Waals surface area contributed by atoms with E-state index in [2.05, 4.69) is 6.92 Å². The van der Waals surface area contributed by atoms with Gasteiger partial charge in [-0.25, -0.2) is 4.79 Å². The number of ketones is 1. The molecule has 0 spiro atoms. The lowest BCUT2D eigenvalue weighted by Crippen LogP contribution is -2.31. The topological polar surface area (TPSA) is 93.1 Å². The second-order valence-electron chi connectivity index (χ2n) is 12.8. The minimum atomic E-state index is -0.510. The van der Waals surface area contributed by atoms with Crippen LogP contribution in [0.5, 0.6) is 0 Å². The van der Waals surface area contributed by atoms with Crippen molar-refractivity contribution in [2.24, 2.45) is 0 Å². The van der Waals surface area contributed by atoms with Crippen molar-refractivity contribution in [2.45, 2.75) is 198 Å². The average Bonchev–Trinajstić information content (AvgIpc) is 3.57. The minimum Gasteiger partial charge on any atom is -0.455 e. The van der Waals surface area contributed by atoms with Gasteiger partial charge in [0.1, 0.15) is 11.9 Å². The lowest BCUT2D eigenvalue weighted by molar-refractivity contribution is -0.139. The van der Waals surface area contributed by atoms with Crippen molar-refractivity contribution in [1.29, 1.82) is 0 Å². The van der Waals surface area contributed by atoms with E-state index >= 15 is 0 Å². The number of esters is 1. The van der Waals surface area contributed by atoms with Crippen molar-refractivity contribution in [1.82, 2.24) is 0 Å². The molecule has 0 aromatic heterocycles. The van der Waals surface area contributed by atoms with Crippen LogP contribution in [-0.4, -0.2) is 52.5 Å². The molecular formula is C35H62O6. The third-order valence-electron chi connectivity index (χ3n) is 8.90. The van der Waals surface area contributed by atoms with Gasteiger partial charge in [0.15, 0.2) is 0 Å². The van der Waals surface area contributed by atoms with Gasteiger partial charge in [0.05, 0.1) is 24.4 Å². The first-order valence-corrected chi connectivity index (χ1v) is 17.4. The van der Waals surface area contributed by atoms with Crippen LogP contribution in [0.2, 0.25) is 0 Å². The van der Waals surface area contributed by atoms with Gasteiger partial charge in [-0.1, -0.05) is 96.8 Å². The number of rotatable bonds is 26. The third kappa shape index (κ3) is 16.3. The molecule has 238 valence electrons. The number of aliphatic hydroxyl groups is 2. The number of carbonyl (C=O) groups excluding carboxylic acids is 2. The summed E-state index contributed by atoms with van der Waals surface area (Å²) in [5.74, 6) is 0.156. The normalized spacial score (nSPS) is 22.1. The molecule has 2 aliphatic heterocycles. The van der Waals surface area contributed by atoms with Crippen LogP contribution in [0.15, 0.2) is 11.6 Å². The quantitative estimate of drug-likeness (QED) is 0.0792. The molecule has 0 saturated carbocycles. The van der Waals surface area contributed by atoms with E-state index in [0.717, 1.165) is 82.6 Å². The van der Waals surface area contributed by atoms with Gasteiger partial charge in [-0.2, -0.15) is 0 Å². The fourth-order valence-electron chi connectivity index (χ4n) is 6.25. The summed E-state index contributed by atoms with van der Waals surface area (Å²) in [6.45, 7) is 4.14. The molecule has 2 N–H and O–H groups in total. The Morgan fingerprint density at radius 2 is 1.22 bits per heavy atom. The fraction of sp³-hybridized carbons (Fsp3) is 0.886. The van der Waals surface area contributed by atoms with E-state index in [1.165, 1.54) is 57.8 Å². The third-order valence-corrected chi connectivity index (χ3v) is 8.90. The lowest BCUT2D eigenvalue weighted by atomic mass is 9.99. The van der Waals surface area contributed by atoms with Crippen LogP contribution >= 0.6 is 0 Å². The first-order valence-electron chi connectivity index (χ1n) is 17.4. The summed E-state index contributed by atoms with van der Waals surface area (Å²) >= 11 is 0. The number of carbonyl (C=O) groups is 2. The van der Waals surface area contributed by atoms with Crippen LogP contribution in [0, 0.1) is 0 Å². The van der Waals surface area contributed by atoms with Gasteiger partial charge < -0.3 is 19.7 Å². The summed E-state index contributed by atoms with van der Waals surface area (Å²) < 4.78 is 11.2. The Morgan fingerprint density at radius 1 is 0.756 bits per heavy atom. The number of aliphatic hydroxyl groups excluding tert-OH is 2. The van der Waals surface area contributed by atoms with Gasteiger partial charge in [-0.3, -0.25) is 4.79 Å². The minimum absolute atomic E-state index is 0.0851. The number of ether oxygens (including phenoxy) is 2. The highest BCUT2D eigenvalue weighted by molar-refractivity contribution is 5.90. The van der Waals surface area contributed by atoms with Crippen molar-refractivity contribution in [2.75, 3.05) is 0 Å². The smallest absolute Gasteiger partial charge is 0.334 e. The SMILES string of the molecule is CCCCCCCCCCCC[C@@H](O)[C@@H]1CC[C@H]([C@H](O)CCCCC(=O)CCCCCCCC2=C[C@H](C)OC2=O)O1. The van der Waals surface area contributed by atoms with Crippen molar-refractivity contribution < 1.29 is 29.3 Å². The Morgan fingerprint density at radius 3 is 1.76 bits per heavy atom. The van der Waals surface area contributed by atoms with E-state index in [4.69, 9.17) is 9.47 Å². The van der Waals surface area contributed by atoms with E-state index in [0.29, 0.717) is 25.0 Å². The monoisotopic (exact) mass is 578 g/mol. The van der Waals surface area contributed by atoms with Crippen LogP contribution in [-0.2, 0) is 19.1 Å². The summed E-state index contributed by atoms with van der Waals surface area (Å²) in [4.78, 5) is 23.8. The van der Waals surface area contributed by atoms with E-state index in [-0.39, 0.29) is 24.3 Å². The number of cyclic esters (lactones) is 1. The van der Waals surface area contributed by atoms with E-state index < -0.39 is 12.2 Å². The van der Waals surface area contributed by atoms with Gasteiger partial charge in [0.2, 0.25) is 0 Å². The number of unbranched alkanes of at least 4 members (excludes halogenated alkanes) is 14. The number of Topliss-reactive ketones (excluding diaryl/α,β-unsaturated/α-hetero) is 1. The molecular weight excluding hydrogens is 516 g/mol. The van der Waals surface area contributed by atoms with E-state index in [1.54, 1.807) is 0 Å². The molecule has 0 aliphatic carbocycles. The first-order chi connectivity index (χ1) is 19.9. The average molecular weight is 579 g/mol. The van der Waals surface area contributed by atoms with E-state index in [1.807, 2.05) is 13.0 Å². The maximum absolute atomic E-state index is 12.2. The predicted molar refractivity (Wildman–Crippen MR) is 166 cm³/mol. The second-order valence-corrected chi connectivity index (χ2v) is 12.8. The Bertz CT molecular complexity index is 734. The second kappa shape index (κ2) is 22.3. The molecule has 1 fully saturated rings. The molecule has 0 bridgehead atoms. The van der Waals surface area contributed by atoms with Crippen LogP contribution < -0.4 is 0 Å². The van der Waals surface area contributed by atoms with Crippen LogP contribution in [0.3, 0.4) is 0 Å². The molecule has 2 heterocycles. The first kappa shape index (κ1) is 36.0. The molecule has 0 unspecified atom stereocenters. The maximum atomic E-state index is 12.2. The standard InChI is InChI=1S/C35H62O6/c1-3-4-5-6-7-8-9-10-14-17-23-31(37)33-25-26-34(41-33)32(38)24-19-18-22-30(36)21-16-13-11-12-15-20-29-27-28(2)40-35(29)39/h27-28,31-34,37-38H,3-26H2,1-2H3/t28-,31+,32+,33-,34+/m0/s1. The molecule has 0 amide bonds. The van der Waals surface area contributed by atoms with Crippen LogP contribution in [0.4, 0.5) is 0 Å².